The van der Waals surface area contributed by atoms with Gasteiger partial charge >= 0.3 is 0 Å². The van der Waals surface area contributed by atoms with Gasteiger partial charge in [0.05, 0.1) is 11.6 Å². The van der Waals surface area contributed by atoms with E-state index in [-0.39, 0.29) is 0 Å². The minimum Gasteiger partial charge on any atom is -0.495 e. The zero-order valence-corrected chi connectivity index (χ0v) is 16.6. The first-order valence-electron chi connectivity index (χ1n) is 7.38. The molecule has 5 heteroatoms. The highest BCUT2D eigenvalue weighted by Gasteiger charge is 2.09. The molecule has 21 heavy (non-hydrogen) atoms. The maximum atomic E-state index is 5.45. The second kappa shape index (κ2) is 9.82. The molecule has 0 amide bonds. The van der Waals surface area contributed by atoms with E-state index in [0.29, 0.717) is 6.04 Å². The number of hydrogen-bond acceptors (Lipinski definition) is 3. The van der Waals surface area contributed by atoms with Crippen LogP contribution < -0.4 is 10.1 Å². The lowest BCUT2D eigenvalue weighted by atomic mass is 10.2. The van der Waals surface area contributed by atoms with Crippen LogP contribution in [-0.4, -0.2) is 38.2 Å². The summed E-state index contributed by atoms with van der Waals surface area (Å²) in [4.78, 5) is 2.38. The minimum atomic E-state index is 0.626. The lowest BCUT2D eigenvalue weighted by Gasteiger charge is -2.20. The summed E-state index contributed by atoms with van der Waals surface area (Å²) in [5, 5.41) is 3.49. The molecule has 1 rings (SSSR count). The van der Waals surface area contributed by atoms with E-state index >= 15 is 0 Å². The van der Waals surface area contributed by atoms with E-state index in [9.17, 15) is 0 Å². The van der Waals surface area contributed by atoms with E-state index in [1.807, 2.05) is 6.07 Å². The number of nitrogens with one attached hydrogen (secondary N) is 1. The predicted octanol–water partition coefficient (Wildman–Crippen LogP) is 4.43. The van der Waals surface area contributed by atoms with Gasteiger partial charge in [0, 0.05) is 22.6 Å². The molecule has 3 nitrogen and oxygen atoms in total. The van der Waals surface area contributed by atoms with Gasteiger partial charge in [0.2, 0.25) is 0 Å². The number of unbranched alkanes of at least 4 members (excludes halogenated alkanes) is 1. The largest absolute Gasteiger partial charge is 0.495 e. The topological polar surface area (TPSA) is 24.5 Å². The fourth-order valence-corrected chi connectivity index (χ4v) is 3.54. The van der Waals surface area contributed by atoms with Crippen molar-refractivity contribution in [2.45, 2.75) is 39.3 Å². The third kappa shape index (κ3) is 6.68. The molecule has 120 valence electrons. The van der Waals surface area contributed by atoms with Crippen molar-refractivity contribution < 1.29 is 4.74 Å². The van der Waals surface area contributed by atoms with Gasteiger partial charge in [0.25, 0.3) is 0 Å². The molecule has 0 atom stereocenters. The maximum Gasteiger partial charge on any atom is 0.137 e. The molecule has 0 bridgehead atoms. The summed E-state index contributed by atoms with van der Waals surface area (Å²) in [7, 11) is 3.89. The van der Waals surface area contributed by atoms with E-state index < -0.39 is 0 Å². The third-order valence-electron chi connectivity index (χ3n) is 3.60. The number of nitrogens with zero attached hydrogens (tertiary/aromatic N) is 1. The summed E-state index contributed by atoms with van der Waals surface area (Å²) in [6.07, 6.45) is 2.41. The monoisotopic (exact) mass is 420 g/mol. The van der Waals surface area contributed by atoms with E-state index in [1.165, 1.54) is 12.8 Å². The second-order valence-electron chi connectivity index (χ2n) is 5.54. The fraction of sp³-hybridized carbons (Fsp3) is 0.625. The quantitative estimate of drug-likeness (QED) is 0.596. The molecule has 0 aliphatic heterocycles. The van der Waals surface area contributed by atoms with Crippen LogP contribution in [0, 0.1) is 0 Å². The Balaban J connectivity index is 2.33. The smallest absolute Gasteiger partial charge is 0.137 e. The molecule has 0 unspecified atom stereocenters. The van der Waals surface area contributed by atoms with E-state index in [2.05, 4.69) is 69.0 Å². The molecule has 0 aliphatic carbocycles. The third-order valence-corrected chi connectivity index (χ3v) is 4.65. The van der Waals surface area contributed by atoms with Crippen molar-refractivity contribution in [2.75, 3.05) is 27.2 Å². The number of rotatable bonds is 9. The van der Waals surface area contributed by atoms with Crippen LogP contribution in [0.15, 0.2) is 21.1 Å². The van der Waals surface area contributed by atoms with Gasteiger partial charge in [-0.05, 0) is 74.9 Å². The number of hydrogen-bond donors (Lipinski definition) is 1. The predicted molar refractivity (Wildman–Crippen MR) is 97.1 cm³/mol. The van der Waals surface area contributed by atoms with Crippen molar-refractivity contribution in [1.82, 2.24) is 10.2 Å². The van der Waals surface area contributed by atoms with Gasteiger partial charge in [-0.15, -0.1) is 0 Å². The molecular weight excluding hydrogens is 396 g/mol. The highest BCUT2D eigenvalue weighted by molar-refractivity contribution is 9.11. The Morgan fingerprint density at radius 2 is 1.95 bits per heavy atom. The van der Waals surface area contributed by atoms with Crippen molar-refractivity contribution in [2.24, 2.45) is 0 Å². The van der Waals surface area contributed by atoms with Crippen molar-refractivity contribution in [3.05, 3.63) is 26.6 Å². The zero-order chi connectivity index (χ0) is 15.8. The van der Waals surface area contributed by atoms with E-state index in [4.69, 9.17) is 4.74 Å². The summed E-state index contributed by atoms with van der Waals surface area (Å²) < 4.78 is 7.49. The first-order chi connectivity index (χ1) is 9.95. The highest BCUT2D eigenvalue weighted by Crippen LogP contribution is 2.32. The second-order valence-corrected chi connectivity index (χ2v) is 7.31. The van der Waals surface area contributed by atoms with Crippen LogP contribution >= 0.6 is 31.9 Å². The van der Waals surface area contributed by atoms with Crippen molar-refractivity contribution in [3.8, 4) is 5.75 Å². The molecule has 0 aromatic heterocycles. The van der Waals surface area contributed by atoms with Crippen LogP contribution in [0.2, 0.25) is 0 Å². The molecule has 1 aromatic rings. The maximum absolute atomic E-state index is 5.45. The molecule has 0 saturated heterocycles. The molecule has 0 spiro atoms. The van der Waals surface area contributed by atoms with Crippen LogP contribution in [0.5, 0.6) is 5.75 Å². The van der Waals surface area contributed by atoms with Crippen LogP contribution in [0.4, 0.5) is 0 Å². The molecular formula is C16H26Br2N2O. The number of halogens is 2. The summed E-state index contributed by atoms with van der Waals surface area (Å²) in [6, 6.07) is 4.73. The zero-order valence-electron chi connectivity index (χ0n) is 13.4. The van der Waals surface area contributed by atoms with Gasteiger partial charge < -0.3 is 15.0 Å². The van der Waals surface area contributed by atoms with E-state index in [1.54, 1.807) is 7.11 Å². The molecule has 0 aliphatic rings. The minimum absolute atomic E-state index is 0.626. The summed E-state index contributed by atoms with van der Waals surface area (Å²) in [5.74, 6) is 0.908. The lowest BCUT2D eigenvalue weighted by Crippen LogP contribution is -2.27. The van der Waals surface area contributed by atoms with Crippen LogP contribution in [0.25, 0.3) is 0 Å². The number of ether oxygens (including phenoxy) is 1. The Morgan fingerprint density at radius 3 is 2.57 bits per heavy atom. The van der Waals surface area contributed by atoms with Crippen LogP contribution in [0.3, 0.4) is 0 Å². The van der Waals surface area contributed by atoms with Crippen LogP contribution in [0.1, 0.15) is 32.3 Å². The van der Waals surface area contributed by atoms with Gasteiger partial charge in [0.15, 0.2) is 0 Å². The Bertz CT molecular complexity index is 439. The summed E-state index contributed by atoms with van der Waals surface area (Å²) in [5.41, 5.74) is 1.16. The number of methoxy groups -OCH3 is 1. The Kier molecular flexibility index (Phi) is 8.86. The first kappa shape index (κ1) is 18.9. The highest BCUT2D eigenvalue weighted by atomic mass is 79.9. The van der Waals surface area contributed by atoms with Gasteiger partial charge in [-0.2, -0.15) is 0 Å². The summed E-state index contributed by atoms with van der Waals surface area (Å²) >= 11 is 7.05. The Labute approximate surface area is 145 Å². The van der Waals surface area contributed by atoms with Gasteiger partial charge in [-0.3, -0.25) is 0 Å². The van der Waals surface area contributed by atoms with Gasteiger partial charge in [0.1, 0.15) is 5.75 Å². The summed E-state index contributed by atoms with van der Waals surface area (Å²) in [6.45, 7) is 7.47. The van der Waals surface area contributed by atoms with Gasteiger partial charge in [-0.1, -0.05) is 15.9 Å². The van der Waals surface area contributed by atoms with Crippen molar-refractivity contribution in [1.29, 1.82) is 0 Å². The molecule has 0 radical (unpaired) electrons. The Hall–Kier alpha value is -0.100. The average molecular weight is 422 g/mol. The van der Waals surface area contributed by atoms with Gasteiger partial charge in [-0.25, -0.2) is 0 Å². The van der Waals surface area contributed by atoms with Crippen LogP contribution in [-0.2, 0) is 6.54 Å². The standard InChI is InChI=1S/C16H26Br2N2O/c1-12(2)20(3)8-6-5-7-19-11-13-9-14(17)10-15(18)16(13)21-4/h9-10,12,19H,5-8,11H2,1-4H3. The SMILES string of the molecule is COc1c(Br)cc(Br)cc1CNCCCCN(C)C(C)C. The number of benzene rings is 1. The molecule has 0 fully saturated rings. The molecule has 0 heterocycles. The lowest BCUT2D eigenvalue weighted by molar-refractivity contribution is 0.268. The molecule has 0 saturated carbocycles. The van der Waals surface area contributed by atoms with Crippen molar-refractivity contribution >= 4 is 31.9 Å². The Morgan fingerprint density at radius 1 is 1.24 bits per heavy atom. The molecule has 1 N–H and O–H groups in total. The molecule has 1 aromatic carbocycles. The first-order valence-corrected chi connectivity index (χ1v) is 8.97. The fourth-order valence-electron chi connectivity index (χ4n) is 2.07. The average Bonchev–Trinajstić information content (AvgIpc) is 2.41. The normalized spacial score (nSPS) is 11.4. The van der Waals surface area contributed by atoms with E-state index in [0.717, 1.165) is 39.9 Å². The van der Waals surface area contributed by atoms with Crippen molar-refractivity contribution in [3.63, 3.8) is 0 Å².